The van der Waals surface area contributed by atoms with Gasteiger partial charge in [-0.15, -0.1) is 0 Å². The maximum Gasteiger partial charge on any atom is 0.327 e. The summed E-state index contributed by atoms with van der Waals surface area (Å²) in [5.74, 6) is -0.891. The fraction of sp³-hybridized carbons (Fsp3) is 0.625. The van der Waals surface area contributed by atoms with E-state index in [2.05, 4.69) is 5.32 Å². The Morgan fingerprint density at radius 1 is 1.31 bits per heavy atom. The molecule has 0 radical (unpaired) electrons. The molecule has 0 amide bonds. The second-order valence-corrected chi connectivity index (χ2v) is 2.04. The molecule has 0 unspecified atom stereocenters. The first-order valence-electron chi connectivity index (χ1n) is 3.97. The second kappa shape index (κ2) is 13.7. The number of allylic oxidation sites excluding steroid dienone is 1. The summed E-state index contributed by atoms with van der Waals surface area (Å²) in [7, 11) is 0. The lowest BCUT2D eigenvalue weighted by Crippen LogP contribution is -2.21. The van der Waals surface area contributed by atoms with Gasteiger partial charge in [0.05, 0.1) is 13.2 Å². The predicted molar refractivity (Wildman–Crippen MR) is 49.5 cm³/mol. The summed E-state index contributed by atoms with van der Waals surface area (Å²) >= 11 is 0. The minimum Gasteiger partial charge on any atom is -0.478 e. The van der Waals surface area contributed by atoms with Crippen LogP contribution in [0.5, 0.6) is 0 Å². The highest BCUT2D eigenvalue weighted by Crippen LogP contribution is 1.65. The van der Waals surface area contributed by atoms with Gasteiger partial charge in [0, 0.05) is 19.2 Å². The Labute approximate surface area is 77.7 Å². The first-order chi connectivity index (χ1) is 6.18. The van der Waals surface area contributed by atoms with Crippen LogP contribution < -0.4 is 5.32 Å². The molecular formula is C8H17NO4. The van der Waals surface area contributed by atoms with Gasteiger partial charge in [0.15, 0.2) is 0 Å². The van der Waals surface area contributed by atoms with Gasteiger partial charge in [0.2, 0.25) is 0 Å². The molecule has 5 heteroatoms. The number of carboxylic acid groups (broad SMARTS) is 1. The van der Waals surface area contributed by atoms with E-state index < -0.39 is 5.97 Å². The molecule has 0 saturated carbocycles. The van der Waals surface area contributed by atoms with Crippen LogP contribution in [0.25, 0.3) is 0 Å². The Kier molecular flexibility index (Phi) is 15.4. The van der Waals surface area contributed by atoms with Crippen molar-refractivity contribution >= 4 is 5.97 Å². The zero-order valence-electron chi connectivity index (χ0n) is 7.73. The maximum absolute atomic E-state index is 9.51. The first-order valence-corrected chi connectivity index (χ1v) is 3.97. The summed E-state index contributed by atoms with van der Waals surface area (Å²) in [5, 5.41) is 26.9. The number of nitrogens with one attached hydrogen (secondary N) is 1. The summed E-state index contributed by atoms with van der Waals surface area (Å²) in [6, 6.07) is 0. The molecule has 0 heterocycles. The molecular weight excluding hydrogens is 174 g/mol. The van der Waals surface area contributed by atoms with E-state index in [9.17, 15) is 4.79 Å². The fourth-order valence-corrected chi connectivity index (χ4v) is 0.426. The number of hydrogen-bond acceptors (Lipinski definition) is 4. The third kappa shape index (κ3) is 24.7. The third-order valence-electron chi connectivity index (χ3n) is 0.886. The minimum atomic E-state index is -0.891. The highest BCUT2D eigenvalue weighted by molar-refractivity contribution is 5.79. The number of rotatable bonds is 5. The second-order valence-electron chi connectivity index (χ2n) is 2.04. The molecule has 0 saturated heterocycles. The molecule has 0 rings (SSSR count). The Balaban J connectivity index is 0. The van der Waals surface area contributed by atoms with Crippen LogP contribution in [0.3, 0.4) is 0 Å². The van der Waals surface area contributed by atoms with E-state index in [4.69, 9.17) is 15.3 Å². The van der Waals surface area contributed by atoms with Crippen LogP contribution in [-0.4, -0.2) is 47.6 Å². The zero-order valence-corrected chi connectivity index (χ0v) is 7.73. The van der Waals surface area contributed by atoms with Crippen molar-refractivity contribution in [1.82, 2.24) is 5.32 Å². The molecule has 0 bridgehead atoms. The van der Waals surface area contributed by atoms with Gasteiger partial charge < -0.3 is 20.6 Å². The van der Waals surface area contributed by atoms with Crippen molar-refractivity contribution in [3.63, 3.8) is 0 Å². The van der Waals surface area contributed by atoms with Gasteiger partial charge in [0.25, 0.3) is 0 Å². The number of carbonyl (C=O) groups is 1. The molecule has 4 N–H and O–H groups in total. The van der Waals surface area contributed by atoms with Gasteiger partial charge >= 0.3 is 5.97 Å². The summed E-state index contributed by atoms with van der Waals surface area (Å²) in [5.41, 5.74) is 0. The topological polar surface area (TPSA) is 89.8 Å². The number of aliphatic hydroxyl groups excluding tert-OH is 2. The number of aliphatic hydroxyl groups is 2. The summed E-state index contributed by atoms with van der Waals surface area (Å²) in [4.78, 5) is 9.51. The molecule has 0 fully saturated rings. The Morgan fingerprint density at radius 3 is 1.92 bits per heavy atom. The summed E-state index contributed by atoms with van der Waals surface area (Å²) in [6.45, 7) is 3.08. The van der Waals surface area contributed by atoms with Crippen LogP contribution in [0, 0.1) is 0 Å². The number of aliphatic carboxylic acids is 1. The van der Waals surface area contributed by atoms with Crippen LogP contribution in [0.1, 0.15) is 6.92 Å². The Bertz CT molecular complexity index is 132. The normalized spacial score (nSPS) is 9.46. The third-order valence-corrected chi connectivity index (χ3v) is 0.886. The van der Waals surface area contributed by atoms with Crippen LogP contribution in [0.4, 0.5) is 0 Å². The zero-order chi connectivity index (χ0) is 10.5. The van der Waals surface area contributed by atoms with Crippen LogP contribution in [-0.2, 0) is 4.79 Å². The highest BCUT2D eigenvalue weighted by Gasteiger charge is 1.78. The SMILES string of the molecule is C/C=C/C(=O)O.OCCNCCO. The van der Waals surface area contributed by atoms with E-state index >= 15 is 0 Å². The molecule has 0 aromatic heterocycles. The van der Waals surface area contributed by atoms with Gasteiger partial charge in [-0.3, -0.25) is 0 Å². The predicted octanol–water partition coefficient (Wildman–Crippen LogP) is -0.792. The van der Waals surface area contributed by atoms with E-state index in [-0.39, 0.29) is 13.2 Å². The Morgan fingerprint density at radius 2 is 1.77 bits per heavy atom. The lowest BCUT2D eigenvalue weighted by Gasteiger charge is -1.94. The maximum atomic E-state index is 9.51. The lowest BCUT2D eigenvalue weighted by atomic mass is 10.5. The molecule has 5 nitrogen and oxygen atoms in total. The molecule has 0 aromatic rings. The van der Waals surface area contributed by atoms with Crippen LogP contribution >= 0.6 is 0 Å². The lowest BCUT2D eigenvalue weighted by molar-refractivity contribution is -0.131. The number of carboxylic acids is 1. The van der Waals surface area contributed by atoms with Gasteiger partial charge in [-0.2, -0.15) is 0 Å². The molecule has 13 heavy (non-hydrogen) atoms. The van der Waals surface area contributed by atoms with Gasteiger partial charge in [-0.05, 0) is 6.92 Å². The first kappa shape index (κ1) is 14.6. The van der Waals surface area contributed by atoms with Gasteiger partial charge in [-0.25, -0.2) is 4.79 Å². The quantitative estimate of drug-likeness (QED) is 0.338. The summed E-state index contributed by atoms with van der Waals surface area (Å²) < 4.78 is 0. The average Bonchev–Trinajstić information content (AvgIpc) is 2.06. The molecule has 0 aromatic carbocycles. The van der Waals surface area contributed by atoms with Gasteiger partial charge in [-0.1, -0.05) is 6.08 Å². The Hall–Kier alpha value is -0.910. The standard InChI is InChI=1S/C4H11NO2.C4H6O2/c6-3-1-5-2-4-7;1-2-3-4(5)6/h5-7H,1-4H2;2-3H,1H3,(H,5,6)/b;3-2+. The molecule has 0 aliphatic carbocycles. The van der Waals surface area contributed by atoms with E-state index in [1.165, 1.54) is 6.08 Å². The molecule has 0 aliphatic rings. The fourth-order valence-electron chi connectivity index (χ4n) is 0.426. The monoisotopic (exact) mass is 191 g/mol. The molecule has 0 atom stereocenters. The van der Waals surface area contributed by atoms with Crippen molar-refractivity contribution in [2.45, 2.75) is 6.92 Å². The van der Waals surface area contributed by atoms with E-state index in [1.54, 1.807) is 6.92 Å². The number of hydrogen-bond donors (Lipinski definition) is 4. The van der Waals surface area contributed by atoms with Crippen LogP contribution in [0.2, 0.25) is 0 Å². The van der Waals surface area contributed by atoms with Crippen LogP contribution in [0.15, 0.2) is 12.2 Å². The van der Waals surface area contributed by atoms with E-state index in [1.807, 2.05) is 0 Å². The van der Waals surface area contributed by atoms with E-state index in [0.29, 0.717) is 13.1 Å². The minimum absolute atomic E-state index is 0.139. The molecule has 78 valence electrons. The van der Waals surface area contributed by atoms with Crippen molar-refractivity contribution < 1.29 is 20.1 Å². The molecule has 0 spiro atoms. The van der Waals surface area contributed by atoms with E-state index in [0.717, 1.165) is 6.08 Å². The van der Waals surface area contributed by atoms with Crippen molar-refractivity contribution in [3.8, 4) is 0 Å². The van der Waals surface area contributed by atoms with Crippen molar-refractivity contribution in [1.29, 1.82) is 0 Å². The molecule has 0 aliphatic heterocycles. The van der Waals surface area contributed by atoms with Crippen molar-refractivity contribution in [2.75, 3.05) is 26.3 Å². The van der Waals surface area contributed by atoms with Gasteiger partial charge in [0.1, 0.15) is 0 Å². The van der Waals surface area contributed by atoms with Crippen molar-refractivity contribution in [3.05, 3.63) is 12.2 Å². The smallest absolute Gasteiger partial charge is 0.327 e. The van der Waals surface area contributed by atoms with Crippen molar-refractivity contribution in [2.24, 2.45) is 0 Å². The largest absolute Gasteiger partial charge is 0.478 e. The summed E-state index contributed by atoms with van der Waals surface area (Å²) in [6.07, 6.45) is 2.56. The average molecular weight is 191 g/mol. The highest BCUT2D eigenvalue weighted by atomic mass is 16.4.